The Morgan fingerprint density at radius 2 is 0.585 bits per heavy atom. The average molecular weight is 933 g/mol. The summed E-state index contributed by atoms with van der Waals surface area (Å²) in [7, 11) is 0. The Labute approximate surface area is 368 Å². The summed E-state index contributed by atoms with van der Waals surface area (Å²) in [6.07, 6.45) is -1.64. The van der Waals surface area contributed by atoms with Gasteiger partial charge in [-0.1, -0.05) is 0 Å². The predicted octanol–water partition coefficient (Wildman–Crippen LogP) is -4.81. The Morgan fingerprint density at radius 3 is 0.769 bits per heavy atom. The second kappa shape index (κ2) is 28.8. The molecule has 27 heteroatoms. The maximum absolute atomic E-state index is 12.8. The van der Waals surface area contributed by atoms with Gasteiger partial charge < -0.3 is 34.3 Å². The van der Waals surface area contributed by atoms with Crippen LogP contribution in [0.2, 0.25) is 0 Å². The molecule has 27 nitrogen and oxygen atoms in total. The van der Waals surface area contributed by atoms with Gasteiger partial charge >= 0.3 is 58.0 Å². The Morgan fingerprint density at radius 1 is 0.385 bits per heavy atom. The van der Waals surface area contributed by atoms with Crippen molar-refractivity contribution in [2.24, 2.45) is 0 Å². The molecule has 364 valence electrons. The topological polar surface area (TPSA) is 366 Å². The molecule has 0 amide bonds. The Hall–Kier alpha value is -6.74. The van der Waals surface area contributed by atoms with E-state index in [-0.39, 0.29) is 31.8 Å². The van der Waals surface area contributed by atoms with E-state index in [1.807, 2.05) is 0 Å². The number of ketones is 4. The molecule has 0 spiro atoms. The third-order valence-corrected chi connectivity index (χ3v) is 7.47. The quantitative estimate of drug-likeness (QED) is 0.0535. The minimum atomic E-state index is -1.10. The molecule has 0 aliphatic heterocycles. The minimum absolute atomic E-state index is 0.128. The Kier molecular flexibility index (Phi) is 25.9. The van der Waals surface area contributed by atoms with E-state index in [4.69, 9.17) is 34.3 Å². The zero-order valence-electron chi connectivity index (χ0n) is 37.2. The standard InChI is InChI=1S/C21H27N3O12.C9H15N3O6.C8H14O3/c1-13(25)10-16(28)34-7-4-22-19(31)23(5-8-35-17(29)11-14(2)26)21(33)24(20(22)32)6-9-36-18(30)12-15(3)27;13-4-1-10-7(16)11(2-5-14)9(18)12(3-6-15)8(10)17;1-6(9)5-7(10)11-8(2,3)4/h4-12H2,1-3H3;13-15H,1-6H2;5H2,1-4H3. The number of nitrogens with zero attached hydrogens (tertiary/aromatic N) is 6. The SMILES string of the molecule is CC(=O)CC(=O)OC(C)(C)C.CC(=O)CC(=O)OCCn1c(=O)n(CCOC(=O)CC(C)=O)c(=O)n(CCOC(=O)CC(C)=O)c1=O.O=c1n(CCO)c(=O)n(CCO)c(=O)n1CCO. The van der Waals surface area contributed by atoms with E-state index < -0.39 is 160 Å². The summed E-state index contributed by atoms with van der Waals surface area (Å²) in [6, 6.07) is 0. The van der Waals surface area contributed by atoms with Crippen LogP contribution >= 0.6 is 0 Å². The lowest BCUT2D eigenvalue weighted by atomic mass is 10.2. The summed E-state index contributed by atoms with van der Waals surface area (Å²) in [5.74, 6) is -4.61. The number of ether oxygens (including phenoxy) is 4. The van der Waals surface area contributed by atoms with Crippen LogP contribution in [0.5, 0.6) is 0 Å². The molecule has 2 aromatic rings. The van der Waals surface area contributed by atoms with Crippen molar-refractivity contribution in [3.8, 4) is 0 Å². The van der Waals surface area contributed by atoms with Gasteiger partial charge in [-0.3, -0.25) is 38.4 Å². The van der Waals surface area contributed by atoms with Gasteiger partial charge in [0.1, 0.15) is 74.2 Å². The lowest BCUT2D eigenvalue weighted by Crippen LogP contribution is -2.55. The second-order valence-corrected chi connectivity index (χ2v) is 14.5. The molecular weight excluding hydrogens is 876 g/mol. The molecule has 0 saturated carbocycles. The van der Waals surface area contributed by atoms with Crippen LogP contribution in [0.3, 0.4) is 0 Å². The summed E-state index contributed by atoms with van der Waals surface area (Å²) in [5.41, 5.74) is -6.45. The zero-order chi connectivity index (χ0) is 50.2. The van der Waals surface area contributed by atoms with Crippen molar-refractivity contribution in [2.45, 2.75) is 119 Å². The van der Waals surface area contributed by atoms with Gasteiger partial charge in [0.05, 0.1) is 59.1 Å². The van der Waals surface area contributed by atoms with Crippen molar-refractivity contribution in [1.29, 1.82) is 0 Å². The fourth-order valence-electron chi connectivity index (χ4n) is 4.91. The molecule has 0 unspecified atom stereocenters. The monoisotopic (exact) mass is 932 g/mol. The first-order chi connectivity index (χ1) is 30.2. The Balaban J connectivity index is 0.00000116. The van der Waals surface area contributed by atoms with E-state index in [9.17, 15) is 67.1 Å². The molecule has 2 heterocycles. The number of esters is 4. The molecule has 2 rings (SSSR count). The molecule has 0 bridgehead atoms. The molecule has 65 heavy (non-hydrogen) atoms. The smallest absolute Gasteiger partial charge is 0.336 e. The van der Waals surface area contributed by atoms with E-state index in [1.54, 1.807) is 20.8 Å². The molecule has 3 N–H and O–H groups in total. The van der Waals surface area contributed by atoms with Crippen LogP contribution in [0.15, 0.2) is 28.8 Å². The number of aliphatic hydroxyl groups excluding tert-OH is 3. The number of hydrogen-bond donors (Lipinski definition) is 3. The third-order valence-electron chi connectivity index (χ3n) is 7.47. The molecular formula is C38H56N6O21. The van der Waals surface area contributed by atoms with E-state index in [2.05, 4.69) is 0 Å². The van der Waals surface area contributed by atoms with Crippen molar-refractivity contribution >= 4 is 47.0 Å². The fraction of sp³-hybridized carbons (Fsp3) is 0.632. The molecule has 0 aromatic carbocycles. The summed E-state index contributed by atoms with van der Waals surface area (Å²) in [4.78, 5) is 163. The lowest BCUT2D eigenvalue weighted by molar-refractivity contribution is -0.156. The molecule has 0 atom stereocenters. The van der Waals surface area contributed by atoms with Gasteiger partial charge in [-0.15, -0.1) is 0 Å². The van der Waals surface area contributed by atoms with Gasteiger partial charge in [-0.2, -0.15) is 0 Å². The van der Waals surface area contributed by atoms with Gasteiger partial charge in [0.15, 0.2) is 0 Å². The maximum Gasteiger partial charge on any atom is 0.336 e. The first kappa shape index (κ1) is 58.3. The van der Waals surface area contributed by atoms with Crippen molar-refractivity contribution < 1.29 is 72.6 Å². The highest BCUT2D eigenvalue weighted by Crippen LogP contribution is 2.08. The number of Topliss-reactive ketones (excluding diaryl/α,β-unsaturated/α-hetero) is 4. The highest BCUT2D eigenvalue weighted by atomic mass is 16.6. The number of aliphatic hydroxyl groups is 3. The molecule has 0 aliphatic rings. The average Bonchev–Trinajstić information content (AvgIpc) is 3.16. The van der Waals surface area contributed by atoms with E-state index in [0.717, 1.165) is 0 Å². The van der Waals surface area contributed by atoms with Crippen molar-refractivity contribution in [3.05, 3.63) is 62.9 Å². The van der Waals surface area contributed by atoms with Gasteiger partial charge in [0.2, 0.25) is 0 Å². The first-order valence-corrected chi connectivity index (χ1v) is 19.6. The molecule has 0 saturated heterocycles. The van der Waals surface area contributed by atoms with Crippen LogP contribution in [0, 0.1) is 0 Å². The van der Waals surface area contributed by atoms with Crippen molar-refractivity contribution in [2.75, 3.05) is 39.6 Å². The van der Waals surface area contributed by atoms with Crippen LogP contribution in [-0.4, -0.2) is 135 Å². The summed E-state index contributed by atoms with van der Waals surface area (Å²) >= 11 is 0. The van der Waals surface area contributed by atoms with E-state index in [1.165, 1.54) is 27.7 Å². The van der Waals surface area contributed by atoms with Crippen LogP contribution in [-0.2, 0) is 96.6 Å². The number of aromatic nitrogens is 6. The summed E-state index contributed by atoms with van der Waals surface area (Å²) in [6.45, 7) is 5.27. The third kappa shape index (κ3) is 21.9. The highest BCUT2D eigenvalue weighted by molar-refractivity contribution is 5.95. The largest absolute Gasteiger partial charge is 0.463 e. The fourth-order valence-corrected chi connectivity index (χ4v) is 4.91. The van der Waals surface area contributed by atoms with Crippen molar-refractivity contribution in [1.82, 2.24) is 27.4 Å². The van der Waals surface area contributed by atoms with Gasteiger partial charge in [0.25, 0.3) is 0 Å². The number of hydrogen-bond acceptors (Lipinski definition) is 21. The lowest BCUT2D eigenvalue weighted by Gasteiger charge is -2.18. The number of rotatable bonds is 23. The van der Waals surface area contributed by atoms with Gasteiger partial charge in [-0.05, 0) is 48.5 Å². The van der Waals surface area contributed by atoms with E-state index >= 15 is 0 Å². The summed E-state index contributed by atoms with van der Waals surface area (Å²) < 4.78 is 23.1. The molecule has 0 radical (unpaired) electrons. The van der Waals surface area contributed by atoms with Gasteiger partial charge in [0, 0.05) is 0 Å². The maximum atomic E-state index is 12.8. The summed E-state index contributed by atoms with van der Waals surface area (Å²) in [5, 5.41) is 26.4. The second-order valence-electron chi connectivity index (χ2n) is 14.5. The molecule has 2 aromatic heterocycles. The first-order valence-electron chi connectivity index (χ1n) is 19.6. The molecule has 0 fully saturated rings. The number of carbonyl (C=O) groups excluding carboxylic acids is 8. The van der Waals surface area contributed by atoms with E-state index in [0.29, 0.717) is 27.4 Å². The van der Waals surface area contributed by atoms with Gasteiger partial charge in [-0.25, -0.2) is 56.2 Å². The molecule has 0 aliphatic carbocycles. The minimum Gasteiger partial charge on any atom is -0.463 e. The zero-order valence-corrected chi connectivity index (χ0v) is 37.2. The van der Waals surface area contributed by atoms with Crippen LogP contribution in [0.1, 0.15) is 74.1 Å². The van der Waals surface area contributed by atoms with Crippen molar-refractivity contribution in [3.63, 3.8) is 0 Å². The number of carbonyl (C=O) groups is 8. The highest BCUT2D eigenvalue weighted by Gasteiger charge is 2.19. The van der Waals surface area contributed by atoms with Crippen LogP contribution < -0.4 is 34.1 Å². The normalized spacial score (nSPS) is 10.6. The Bertz CT molecular complexity index is 2100. The van der Waals surface area contributed by atoms with Crippen LogP contribution in [0.4, 0.5) is 0 Å². The predicted molar refractivity (Wildman–Crippen MR) is 220 cm³/mol. The van der Waals surface area contributed by atoms with Crippen LogP contribution in [0.25, 0.3) is 0 Å².